The van der Waals surface area contributed by atoms with Crippen LogP contribution < -0.4 is 5.32 Å². The molecule has 6 atom stereocenters. The molecule has 5 nitrogen and oxygen atoms in total. The molecule has 0 bridgehead atoms. The van der Waals surface area contributed by atoms with Crippen LogP contribution in [0, 0.1) is 35.5 Å². The van der Waals surface area contributed by atoms with Crippen LogP contribution in [0.4, 0.5) is 0 Å². The first-order valence-corrected chi connectivity index (χ1v) is 16.7. The summed E-state index contributed by atoms with van der Waals surface area (Å²) in [5.74, 6) is 1.19. The van der Waals surface area contributed by atoms with Crippen molar-refractivity contribution in [2.45, 2.75) is 65.1 Å². The van der Waals surface area contributed by atoms with E-state index in [0.717, 1.165) is 43.6 Å². The number of benzene rings is 1. The second-order valence-corrected chi connectivity index (χ2v) is 12.5. The van der Waals surface area contributed by atoms with Crippen molar-refractivity contribution in [2.24, 2.45) is 35.5 Å². The Bertz CT molecular complexity index is 1170. The number of aliphatic hydroxyl groups excluding tert-OH is 1. The van der Waals surface area contributed by atoms with Gasteiger partial charge in [-0.1, -0.05) is 110 Å². The summed E-state index contributed by atoms with van der Waals surface area (Å²) in [4.78, 5) is 12.7. The number of ether oxygens (including phenoxy) is 1. The third-order valence-electron chi connectivity index (χ3n) is 8.91. The first kappa shape index (κ1) is 35.8. The monoisotopic (exact) mass is 621 g/mol. The molecule has 2 aliphatic rings. The zero-order valence-corrected chi connectivity index (χ0v) is 27.2. The number of halogens is 1. The first-order valence-electron chi connectivity index (χ1n) is 16.3. The molecule has 0 radical (unpaired) electrons. The van der Waals surface area contributed by atoms with Crippen molar-refractivity contribution in [3.8, 4) is 0 Å². The van der Waals surface area contributed by atoms with Crippen LogP contribution in [0.15, 0.2) is 96.6 Å². The van der Waals surface area contributed by atoms with E-state index < -0.39 is 6.29 Å². The van der Waals surface area contributed by atoms with Gasteiger partial charge in [-0.15, -0.1) is 6.58 Å². The molecule has 0 fully saturated rings. The third-order valence-corrected chi connectivity index (χ3v) is 9.25. The van der Waals surface area contributed by atoms with Crippen LogP contribution in [0.3, 0.4) is 0 Å². The second kappa shape index (κ2) is 19.6. The molecular formula is C38H52ClNO4. The Morgan fingerprint density at radius 2 is 1.91 bits per heavy atom. The van der Waals surface area contributed by atoms with E-state index in [9.17, 15) is 4.79 Å². The Morgan fingerprint density at radius 3 is 2.57 bits per heavy atom. The molecule has 1 amide bonds. The molecule has 0 saturated carbocycles. The predicted molar refractivity (Wildman–Crippen MR) is 183 cm³/mol. The molecule has 6 heteroatoms. The lowest BCUT2D eigenvalue weighted by atomic mass is 9.69. The number of nitrogens with one attached hydrogen (secondary N) is 1. The predicted octanol–water partition coefficient (Wildman–Crippen LogP) is 7.99. The topological polar surface area (TPSA) is 78.8 Å². The van der Waals surface area contributed by atoms with Crippen LogP contribution in [0.25, 0.3) is 5.57 Å². The summed E-state index contributed by atoms with van der Waals surface area (Å²) in [7, 11) is 0. The zero-order chi connectivity index (χ0) is 31.7. The molecule has 0 heterocycles. The Balaban J connectivity index is 1.71. The van der Waals surface area contributed by atoms with Gasteiger partial charge in [0.05, 0.1) is 12.5 Å². The Kier molecular flexibility index (Phi) is 16.0. The highest BCUT2D eigenvalue weighted by molar-refractivity contribution is 6.29. The zero-order valence-electron chi connectivity index (χ0n) is 26.5. The van der Waals surface area contributed by atoms with Crippen molar-refractivity contribution in [1.82, 2.24) is 5.32 Å². The van der Waals surface area contributed by atoms with Gasteiger partial charge >= 0.3 is 0 Å². The summed E-state index contributed by atoms with van der Waals surface area (Å²) in [6, 6.07) is 10.4. The van der Waals surface area contributed by atoms with Gasteiger partial charge < -0.3 is 20.3 Å². The van der Waals surface area contributed by atoms with E-state index in [1.807, 2.05) is 24.3 Å². The van der Waals surface area contributed by atoms with Crippen LogP contribution >= 0.6 is 11.6 Å². The number of hydrogen-bond acceptors (Lipinski definition) is 4. The van der Waals surface area contributed by atoms with Crippen LogP contribution in [0.2, 0.25) is 0 Å². The van der Waals surface area contributed by atoms with Crippen molar-refractivity contribution in [3.63, 3.8) is 0 Å². The lowest BCUT2D eigenvalue weighted by Crippen LogP contribution is -2.33. The number of rotatable bonds is 17. The fourth-order valence-corrected chi connectivity index (χ4v) is 6.58. The van der Waals surface area contributed by atoms with Crippen molar-refractivity contribution >= 4 is 23.1 Å². The highest BCUT2D eigenvalue weighted by Gasteiger charge is 2.34. The summed E-state index contributed by atoms with van der Waals surface area (Å²) in [6.07, 6.45) is 23.7. The average molecular weight is 622 g/mol. The Hall–Kier alpha value is -2.70. The number of amides is 1. The average Bonchev–Trinajstić information content (AvgIpc) is 3.29. The van der Waals surface area contributed by atoms with Gasteiger partial charge in [0.25, 0.3) is 0 Å². The number of allylic oxidation sites excluding steroid dienone is 7. The maximum atomic E-state index is 12.7. The van der Waals surface area contributed by atoms with Crippen molar-refractivity contribution in [1.29, 1.82) is 0 Å². The van der Waals surface area contributed by atoms with Gasteiger partial charge in [-0.2, -0.15) is 0 Å². The van der Waals surface area contributed by atoms with Crippen LogP contribution in [0.1, 0.15) is 64.4 Å². The first-order chi connectivity index (χ1) is 21.4. The SMILES string of the molecule is C=CC(C=CC(=CC)c1ccccc1)COCC(C1CC=C(Cl)CC1)C(CCC)C1C=CC(C(=O)NCCC(O)O)C=CC1. The lowest BCUT2D eigenvalue weighted by molar-refractivity contribution is -0.122. The van der Waals surface area contributed by atoms with Gasteiger partial charge in [0, 0.05) is 30.5 Å². The highest BCUT2D eigenvalue weighted by atomic mass is 35.5. The fourth-order valence-electron chi connectivity index (χ4n) is 6.38. The molecule has 1 aromatic carbocycles. The van der Waals surface area contributed by atoms with E-state index >= 15 is 0 Å². The normalized spacial score (nSPS) is 22.8. The Morgan fingerprint density at radius 1 is 1.11 bits per heavy atom. The number of carbonyl (C=O) groups is 1. The molecule has 6 unspecified atom stereocenters. The molecule has 3 N–H and O–H groups in total. The molecule has 44 heavy (non-hydrogen) atoms. The van der Waals surface area contributed by atoms with E-state index in [-0.39, 0.29) is 30.7 Å². The van der Waals surface area contributed by atoms with Crippen LogP contribution in [-0.4, -0.2) is 42.2 Å². The molecule has 0 aromatic heterocycles. The van der Waals surface area contributed by atoms with Crippen LogP contribution in [0.5, 0.6) is 0 Å². The van der Waals surface area contributed by atoms with Crippen molar-refractivity contribution in [2.75, 3.05) is 19.8 Å². The van der Waals surface area contributed by atoms with E-state index in [0.29, 0.717) is 36.9 Å². The van der Waals surface area contributed by atoms with E-state index in [1.165, 1.54) is 11.1 Å². The maximum Gasteiger partial charge on any atom is 0.230 e. The molecule has 0 aliphatic heterocycles. The minimum absolute atomic E-state index is 0.103. The molecule has 0 saturated heterocycles. The fraction of sp³-hybridized carbons (Fsp3) is 0.500. The lowest BCUT2D eigenvalue weighted by Gasteiger charge is -2.38. The minimum atomic E-state index is -1.42. The van der Waals surface area contributed by atoms with Crippen molar-refractivity contribution in [3.05, 3.63) is 102 Å². The van der Waals surface area contributed by atoms with E-state index in [1.54, 1.807) is 0 Å². The van der Waals surface area contributed by atoms with Crippen LogP contribution in [-0.2, 0) is 9.53 Å². The summed E-state index contributed by atoms with van der Waals surface area (Å²) in [5, 5.41) is 22.0. The van der Waals surface area contributed by atoms with E-state index in [4.69, 9.17) is 26.6 Å². The smallest absolute Gasteiger partial charge is 0.230 e. The Labute approximate surface area is 270 Å². The van der Waals surface area contributed by atoms with Gasteiger partial charge in [-0.3, -0.25) is 4.79 Å². The third kappa shape index (κ3) is 11.7. The molecule has 0 spiro atoms. The number of hydrogen-bond donors (Lipinski definition) is 3. The molecule has 1 aromatic rings. The standard InChI is InChI=1S/C38H52ClNO4/c1-4-11-35(31-14-10-15-33(19-18-31)38(43)40-25-24-37(41)42)36(32-20-22-34(39)23-21-32)27-44-26-28(5-2)16-17-29(6-3)30-12-8-7-9-13-30/h5-10,12-13,15-19,22,28,31-33,35-37,41-42H,2,4,11,14,20-21,23-27H2,1,3H3,(H,40,43). The molecule has 2 aliphatic carbocycles. The minimum Gasteiger partial charge on any atom is -0.380 e. The van der Waals surface area contributed by atoms with Gasteiger partial charge in [0.1, 0.15) is 0 Å². The largest absolute Gasteiger partial charge is 0.380 e. The quantitative estimate of drug-likeness (QED) is 0.0936. The molecular weight excluding hydrogens is 570 g/mol. The maximum absolute atomic E-state index is 12.7. The van der Waals surface area contributed by atoms with E-state index in [2.05, 4.69) is 86.5 Å². The van der Waals surface area contributed by atoms with Gasteiger partial charge in [0.2, 0.25) is 5.91 Å². The second-order valence-electron chi connectivity index (χ2n) is 12.0. The molecule has 240 valence electrons. The number of aliphatic hydroxyl groups is 2. The summed E-state index contributed by atoms with van der Waals surface area (Å²) < 4.78 is 6.53. The van der Waals surface area contributed by atoms with Gasteiger partial charge in [-0.25, -0.2) is 0 Å². The van der Waals surface area contributed by atoms with Gasteiger partial charge in [-0.05, 0) is 73.8 Å². The molecule has 3 rings (SSSR count). The summed E-state index contributed by atoms with van der Waals surface area (Å²) in [5.41, 5.74) is 2.37. The number of carbonyl (C=O) groups excluding carboxylic acids is 1. The summed E-state index contributed by atoms with van der Waals surface area (Å²) >= 11 is 6.40. The summed E-state index contributed by atoms with van der Waals surface area (Å²) in [6.45, 7) is 9.88. The highest BCUT2D eigenvalue weighted by Crippen LogP contribution is 2.41. The van der Waals surface area contributed by atoms with Gasteiger partial charge in [0.15, 0.2) is 6.29 Å². The van der Waals surface area contributed by atoms with Crippen molar-refractivity contribution < 1.29 is 19.7 Å².